The highest BCUT2D eigenvalue weighted by atomic mass is 16.7. The molecule has 0 spiro atoms. The highest BCUT2D eigenvalue weighted by Gasteiger charge is 2.37. The van der Waals surface area contributed by atoms with E-state index in [9.17, 15) is 5.11 Å². The molecule has 15 heavy (non-hydrogen) atoms. The highest BCUT2D eigenvalue weighted by molar-refractivity contribution is 5.19. The molecule has 0 aromatic heterocycles. The first-order valence-electron chi connectivity index (χ1n) is 5.78. The molecule has 3 nitrogen and oxygen atoms in total. The third-order valence-electron chi connectivity index (χ3n) is 2.94. The number of allylic oxidation sites excluding steroid dienone is 1. The van der Waals surface area contributed by atoms with E-state index < -0.39 is 5.79 Å². The highest BCUT2D eigenvalue weighted by Crippen LogP contribution is 2.34. The van der Waals surface area contributed by atoms with Crippen molar-refractivity contribution in [3.05, 3.63) is 11.6 Å². The van der Waals surface area contributed by atoms with Gasteiger partial charge in [-0.1, -0.05) is 25.8 Å². The normalized spacial score (nSPS) is 25.7. The van der Waals surface area contributed by atoms with Gasteiger partial charge in [-0.05, 0) is 12.8 Å². The summed E-state index contributed by atoms with van der Waals surface area (Å²) in [5.74, 6) is -0.636. The van der Waals surface area contributed by atoms with Crippen molar-refractivity contribution in [2.45, 2.75) is 44.8 Å². The van der Waals surface area contributed by atoms with E-state index in [-0.39, 0.29) is 6.61 Å². The summed E-state index contributed by atoms with van der Waals surface area (Å²) in [7, 11) is 1.65. The third kappa shape index (κ3) is 3.03. The van der Waals surface area contributed by atoms with Gasteiger partial charge >= 0.3 is 0 Å². The molecule has 0 aromatic carbocycles. The average molecular weight is 214 g/mol. The van der Waals surface area contributed by atoms with Crippen LogP contribution in [-0.4, -0.2) is 31.2 Å². The van der Waals surface area contributed by atoms with Crippen molar-refractivity contribution in [2.75, 3.05) is 20.3 Å². The average Bonchev–Trinajstić information content (AvgIpc) is 2.68. The van der Waals surface area contributed by atoms with Gasteiger partial charge in [0.25, 0.3) is 0 Å². The smallest absolute Gasteiger partial charge is 0.192 e. The fourth-order valence-electron chi connectivity index (χ4n) is 1.98. The van der Waals surface area contributed by atoms with Crippen LogP contribution in [0.5, 0.6) is 0 Å². The van der Waals surface area contributed by atoms with Crippen molar-refractivity contribution in [3.63, 3.8) is 0 Å². The number of unbranched alkanes of at least 4 members (excludes halogenated alkanes) is 2. The van der Waals surface area contributed by atoms with E-state index in [4.69, 9.17) is 9.47 Å². The lowest BCUT2D eigenvalue weighted by atomic mass is 10.1. The molecule has 1 rings (SSSR count). The Hall–Kier alpha value is -0.380. The fraction of sp³-hybridized carbons (Fsp3) is 0.833. The molecular formula is C12H22O3. The Morgan fingerprint density at radius 2 is 2.27 bits per heavy atom. The van der Waals surface area contributed by atoms with E-state index in [1.54, 1.807) is 7.11 Å². The van der Waals surface area contributed by atoms with Crippen LogP contribution >= 0.6 is 0 Å². The molecule has 1 N–H and O–H groups in total. The Labute approximate surface area is 92.1 Å². The maximum absolute atomic E-state index is 9.21. The lowest BCUT2D eigenvalue weighted by Crippen LogP contribution is -2.36. The minimum Gasteiger partial charge on any atom is -0.392 e. The minimum absolute atomic E-state index is 0.0294. The van der Waals surface area contributed by atoms with Crippen molar-refractivity contribution in [3.8, 4) is 0 Å². The first-order valence-corrected chi connectivity index (χ1v) is 5.78. The van der Waals surface area contributed by atoms with E-state index >= 15 is 0 Å². The van der Waals surface area contributed by atoms with E-state index in [2.05, 4.69) is 6.92 Å². The summed E-state index contributed by atoms with van der Waals surface area (Å²) in [6, 6.07) is 0. The lowest BCUT2D eigenvalue weighted by molar-refractivity contribution is -0.198. The monoisotopic (exact) mass is 214 g/mol. The summed E-state index contributed by atoms with van der Waals surface area (Å²) in [6.07, 6.45) is 7.19. The molecule has 0 heterocycles. The van der Waals surface area contributed by atoms with Gasteiger partial charge in [-0.15, -0.1) is 0 Å². The number of rotatable bonds is 7. The molecule has 0 radical (unpaired) electrons. The summed E-state index contributed by atoms with van der Waals surface area (Å²) < 4.78 is 11.2. The predicted octanol–water partition coefficient (Wildman–Crippen LogP) is 2.25. The van der Waals surface area contributed by atoms with Crippen molar-refractivity contribution in [2.24, 2.45) is 0 Å². The van der Waals surface area contributed by atoms with Crippen LogP contribution in [0.3, 0.4) is 0 Å². The molecule has 3 heteroatoms. The Balaban J connectivity index is 2.43. The number of hydrogen-bond acceptors (Lipinski definition) is 3. The Bertz CT molecular complexity index is 213. The maximum atomic E-state index is 9.21. The van der Waals surface area contributed by atoms with Crippen LogP contribution in [-0.2, 0) is 9.47 Å². The number of aliphatic hydroxyl groups excluding tert-OH is 1. The number of aliphatic hydroxyl groups is 1. The molecule has 0 saturated carbocycles. The fourth-order valence-corrected chi connectivity index (χ4v) is 1.98. The zero-order valence-corrected chi connectivity index (χ0v) is 9.79. The minimum atomic E-state index is -0.636. The van der Waals surface area contributed by atoms with Crippen LogP contribution in [0, 0.1) is 0 Å². The molecule has 0 amide bonds. The van der Waals surface area contributed by atoms with Gasteiger partial charge in [0, 0.05) is 19.1 Å². The van der Waals surface area contributed by atoms with E-state index in [0.717, 1.165) is 24.8 Å². The maximum Gasteiger partial charge on any atom is 0.192 e. The van der Waals surface area contributed by atoms with Crippen LogP contribution in [0.25, 0.3) is 0 Å². The van der Waals surface area contributed by atoms with Gasteiger partial charge in [0.2, 0.25) is 0 Å². The number of ether oxygens (including phenoxy) is 2. The Morgan fingerprint density at radius 3 is 2.87 bits per heavy atom. The molecule has 0 aliphatic heterocycles. The zero-order chi connectivity index (χ0) is 11.1. The zero-order valence-electron chi connectivity index (χ0n) is 9.79. The summed E-state index contributed by atoms with van der Waals surface area (Å²) in [5.41, 5.74) is 0.876. The van der Waals surface area contributed by atoms with Gasteiger partial charge in [-0.2, -0.15) is 0 Å². The summed E-state index contributed by atoms with van der Waals surface area (Å²) in [4.78, 5) is 0. The van der Waals surface area contributed by atoms with E-state index in [0.29, 0.717) is 6.61 Å². The van der Waals surface area contributed by atoms with Crippen LogP contribution in [0.1, 0.15) is 39.0 Å². The van der Waals surface area contributed by atoms with Crippen molar-refractivity contribution >= 4 is 0 Å². The number of methoxy groups -OCH3 is 1. The SMILES string of the molecule is CCCCCOC1(OC)CCC=C1CO. The molecule has 1 aliphatic carbocycles. The summed E-state index contributed by atoms with van der Waals surface area (Å²) in [5, 5.41) is 9.21. The Kier molecular flexibility index (Phi) is 5.29. The van der Waals surface area contributed by atoms with Crippen LogP contribution < -0.4 is 0 Å². The second-order valence-electron chi connectivity index (χ2n) is 3.94. The largest absolute Gasteiger partial charge is 0.392 e. The van der Waals surface area contributed by atoms with Crippen molar-refractivity contribution < 1.29 is 14.6 Å². The Morgan fingerprint density at radius 1 is 1.47 bits per heavy atom. The van der Waals surface area contributed by atoms with Gasteiger partial charge in [-0.25, -0.2) is 0 Å². The van der Waals surface area contributed by atoms with Gasteiger partial charge in [0.15, 0.2) is 5.79 Å². The molecule has 0 bridgehead atoms. The molecule has 88 valence electrons. The molecule has 1 aliphatic rings. The molecule has 0 fully saturated rings. The molecule has 0 aromatic rings. The van der Waals surface area contributed by atoms with E-state index in [1.807, 2.05) is 6.08 Å². The van der Waals surface area contributed by atoms with Gasteiger partial charge < -0.3 is 14.6 Å². The molecule has 1 unspecified atom stereocenters. The van der Waals surface area contributed by atoms with E-state index in [1.165, 1.54) is 12.8 Å². The van der Waals surface area contributed by atoms with Crippen molar-refractivity contribution in [1.29, 1.82) is 0 Å². The quantitative estimate of drug-likeness (QED) is 0.401. The topological polar surface area (TPSA) is 38.7 Å². The lowest BCUT2D eigenvalue weighted by Gasteiger charge is -2.30. The summed E-state index contributed by atoms with van der Waals surface area (Å²) in [6.45, 7) is 2.90. The second-order valence-corrected chi connectivity index (χ2v) is 3.94. The van der Waals surface area contributed by atoms with Crippen LogP contribution in [0.4, 0.5) is 0 Å². The van der Waals surface area contributed by atoms with Gasteiger partial charge in [0.1, 0.15) is 0 Å². The third-order valence-corrected chi connectivity index (χ3v) is 2.94. The molecule has 0 saturated heterocycles. The van der Waals surface area contributed by atoms with Gasteiger partial charge in [0.05, 0.1) is 13.2 Å². The second kappa shape index (κ2) is 6.26. The molecular weight excluding hydrogens is 192 g/mol. The van der Waals surface area contributed by atoms with Crippen LogP contribution in [0.2, 0.25) is 0 Å². The first kappa shape index (κ1) is 12.7. The summed E-state index contributed by atoms with van der Waals surface area (Å²) >= 11 is 0. The number of hydrogen-bond donors (Lipinski definition) is 1. The predicted molar refractivity (Wildman–Crippen MR) is 59.6 cm³/mol. The van der Waals surface area contributed by atoms with Crippen molar-refractivity contribution in [1.82, 2.24) is 0 Å². The first-order chi connectivity index (χ1) is 7.29. The molecule has 1 atom stereocenters. The standard InChI is InChI=1S/C12H22O3/c1-3-4-5-9-15-12(14-2)8-6-7-11(12)10-13/h7,13H,3-6,8-10H2,1-2H3. The van der Waals surface area contributed by atoms with Crippen LogP contribution in [0.15, 0.2) is 11.6 Å². The van der Waals surface area contributed by atoms with Gasteiger partial charge in [-0.3, -0.25) is 0 Å².